The highest BCUT2D eigenvalue weighted by Crippen LogP contribution is 2.53. The van der Waals surface area contributed by atoms with Gasteiger partial charge in [-0.2, -0.15) is 5.26 Å². The van der Waals surface area contributed by atoms with Gasteiger partial charge in [-0.3, -0.25) is 25.0 Å². The molecule has 1 aromatic carbocycles. The standard InChI is InChI=1S/C52H71N11O3S.H2/c1-5-6-8-37-25-41(13-10-38(37)29-53)66-40-14-11-39(12-15-40)56-50(64)43-17-18-45(60-59-43)62-21-7-19-52(31-62)27-36(28-52)24-35-9-16-42(55-30-35)48-47-32(2)23-33(3)67-51(47)63-34(4)58-61-49(63)44(57-48)26-46-54-20-22-65-46;/h9-10,13,16-18,25,30,32-34,36,39-40,44,46-47,49,51,54,58,61H,5-8,11-12,14-15,19-24,26-28,31H2,1-4H3,(H,56,64);1H. The average Bonchev–Trinajstić information content (AvgIpc) is 3.96. The van der Waals surface area contributed by atoms with E-state index in [0.29, 0.717) is 33.6 Å². The van der Waals surface area contributed by atoms with Crippen LogP contribution in [0.3, 0.4) is 0 Å². The Labute approximate surface area is 403 Å². The first-order chi connectivity index (χ1) is 32.6. The van der Waals surface area contributed by atoms with Crippen LogP contribution in [0.4, 0.5) is 5.82 Å². The molecule has 2 saturated carbocycles. The third-order valence-electron chi connectivity index (χ3n) is 16.0. The van der Waals surface area contributed by atoms with Crippen molar-refractivity contribution in [2.45, 2.75) is 165 Å². The van der Waals surface area contributed by atoms with Crippen molar-refractivity contribution in [3.8, 4) is 11.8 Å². The highest BCUT2D eigenvalue weighted by molar-refractivity contribution is 8.00. The fourth-order valence-electron chi connectivity index (χ4n) is 12.7. The number of nitriles is 1. The number of aromatic nitrogens is 3. The molecule has 2 aromatic heterocycles. The number of rotatable bonds is 13. The second-order valence-electron chi connectivity index (χ2n) is 21.0. The Morgan fingerprint density at radius 3 is 2.70 bits per heavy atom. The Balaban J connectivity index is 0.00000578. The molecule has 7 aliphatic rings. The Hall–Kier alpha value is -4.17. The van der Waals surface area contributed by atoms with Crippen molar-refractivity contribution in [2.75, 3.05) is 31.1 Å². The van der Waals surface area contributed by atoms with E-state index in [-0.39, 0.29) is 50.0 Å². The molecule has 4 N–H and O–H groups in total. The largest absolute Gasteiger partial charge is 0.490 e. The maximum absolute atomic E-state index is 13.3. The summed E-state index contributed by atoms with van der Waals surface area (Å²) in [6.45, 7) is 12.8. The van der Waals surface area contributed by atoms with Gasteiger partial charge in [0, 0.05) is 50.9 Å². The van der Waals surface area contributed by atoms with Gasteiger partial charge in [-0.25, -0.2) is 10.9 Å². The molecule has 1 amide bonds. The summed E-state index contributed by atoms with van der Waals surface area (Å²) in [6.07, 6.45) is 16.8. The minimum atomic E-state index is -0.167. The lowest BCUT2D eigenvalue weighted by Gasteiger charge is -2.53. The Morgan fingerprint density at radius 1 is 1.09 bits per heavy atom. The number of aliphatic imine (C=N–C) groups is 1. The molecule has 0 radical (unpaired) electrons. The highest BCUT2D eigenvalue weighted by Gasteiger charge is 2.52. The molecular formula is C52H73N11O3S. The molecule has 6 fully saturated rings. The summed E-state index contributed by atoms with van der Waals surface area (Å²) in [6, 6.07) is 16.6. The minimum Gasteiger partial charge on any atom is -0.490 e. The van der Waals surface area contributed by atoms with Crippen LogP contribution in [0.2, 0.25) is 0 Å². The fraction of sp³-hybridized carbons (Fsp3) is 0.654. The zero-order valence-corrected chi connectivity index (χ0v) is 40.8. The van der Waals surface area contributed by atoms with E-state index >= 15 is 0 Å². The van der Waals surface area contributed by atoms with Gasteiger partial charge in [0.05, 0.1) is 59.5 Å². The van der Waals surface area contributed by atoms with E-state index in [2.05, 4.69) is 105 Å². The lowest BCUT2D eigenvalue weighted by Crippen LogP contribution is -2.54. The average molecular weight is 932 g/mol. The number of carbonyl (C=O) groups is 1. The highest BCUT2D eigenvalue weighted by atomic mass is 32.2. The van der Waals surface area contributed by atoms with Crippen LogP contribution in [-0.2, 0) is 17.6 Å². The second kappa shape index (κ2) is 20.4. The number of pyridine rings is 1. The number of nitrogens with zero attached hydrogens (tertiary/aromatic N) is 7. The van der Waals surface area contributed by atoms with Crippen molar-refractivity contribution in [3.05, 3.63) is 76.7 Å². The van der Waals surface area contributed by atoms with Gasteiger partial charge in [-0.15, -0.1) is 22.0 Å². The SMILES string of the molecule is CCCCc1cc(OC2CCC(NC(=O)c3ccc(N4CCCC5(CC(Cc6ccc(C7=NC(CC8NCCO8)C8NNC(C)N8C8SC(C)CC(C)C78)nc6)C5)C4)nn3)CC2)ccc1C#N.[HH]. The number of aryl methyl sites for hydroxylation is 1. The smallest absolute Gasteiger partial charge is 0.272 e. The Morgan fingerprint density at radius 2 is 1.96 bits per heavy atom. The van der Waals surface area contributed by atoms with Gasteiger partial charge in [0.25, 0.3) is 5.91 Å². The van der Waals surface area contributed by atoms with Crippen LogP contribution in [0, 0.1) is 34.5 Å². The molecular weight excluding hydrogens is 859 g/mol. The number of amides is 1. The number of anilines is 1. The Kier molecular flexibility index (Phi) is 14.2. The molecule has 2 aliphatic carbocycles. The van der Waals surface area contributed by atoms with Crippen molar-refractivity contribution >= 4 is 29.2 Å². The first-order valence-corrected chi connectivity index (χ1v) is 26.5. The van der Waals surface area contributed by atoms with Crippen LogP contribution >= 0.6 is 11.8 Å². The first kappa shape index (κ1) is 46.6. The number of fused-ring (bicyclic) bond motifs is 3. The lowest BCUT2D eigenvalue weighted by atomic mass is 9.57. The van der Waals surface area contributed by atoms with Crippen LogP contribution < -0.4 is 31.1 Å². The number of hydrogen-bond acceptors (Lipinski definition) is 14. The van der Waals surface area contributed by atoms with E-state index in [1.807, 2.05) is 30.3 Å². The topological polar surface area (TPSA) is 165 Å². The lowest BCUT2D eigenvalue weighted by molar-refractivity contribution is 0.0383. The molecule has 4 saturated heterocycles. The summed E-state index contributed by atoms with van der Waals surface area (Å²) in [7, 11) is 0. The van der Waals surface area contributed by atoms with Gasteiger partial charge in [0.1, 0.15) is 12.0 Å². The summed E-state index contributed by atoms with van der Waals surface area (Å²) in [5, 5.41) is 26.2. The van der Waals surface area contributed by atoms with E-state index in [1.165, 1.54) is 37.0 Å². The number of hydrazine groups is 1. The number of benzene rings is 1. The molecule has 3 aromatic rings. The van der Waals surface area contributed by atoms with Gasteiger partial charge in [0.2, 0.25) is 0 Å². The normalized spacial score (nSPS) is 34.0. The third-order valence-corrected chi connectivity index (χ3v) is 17.4. The number of hydrogen-bond donors (Lipinski definition) is 4. The number of carbonyl (C=O) groups excluding carboxylic acids is 1. The number of ether oxygens (including phenoxy) is 2. The zero-order valence-electron chi connectivity index (χ0n) is 40.0. The van der Waals surface area contributed by atoms with E-state index in [0.717, 1.165) is 119 Å². The predicted molar refractivity (Wildman–Crippen MR) is 265 cm³/mol. The minimum absolute atomic E-state index is 0. The molecule has 67 heavy (non-hydrogen) atoms. The summed E-state index contributed by atoms with van der Waals surface area (Å²) in [5.74, 6) is 2.94. The van der Waals surface area contributed by atoms with Gasteiger partial charge in [-0.05, 0) is 149 Å². The molecule has 1 spiro atoms. The third kappa shape index (κ3) is 10.3. The maximum atomic E-state index is 13.3. The summed E-state index contributed by atoms with van der Waals surface area (Å²) in [4.78, 5) is 29.2. The van der Waals surface area contributed by atoms with E-state index < -0.39 is 0 Å². The number of nitrogens with one attached hydrogen (secondary N) is 4. The van der Waals surface area contributed by atoms with Gasteiger partial charge in [0.15, 0.2) is 11.5 Å². The molecule has 14 nitrogen and oxygen atoms in total. The van der Waals surface area contributed by atoms with Gasteiger partial charge < -0.3 is 19.7 Å². The molecule has 10 rings (SSSR count). The number of thioether (sulfide) groups is 1. The molecule has 0 bridgehead atoms. The van der Waals surface area contributed by atoms with E-state index in [9.17, 15) is 10.1 Å². The molecule has 5 aliphatic heterocycles. The number of unbranched alkanes of at least 4 members (excludes halogenated alkanes) is 1. The van der Waals surface area contributed by atoms with Crippen molar-refractivity contribution in [1.82, 2.24) is 41.6 Å². The van der Waals surface area contributed by atoms with Crippen LogP contribution in [0.25, 0.3) is 0 Å². The maximum Gasteiger partial charge on any atom is 0.272 e. The van der Waals surface area contributed by atoms with Gasteiger partial charge >= 0.3 is 0 Å². The van der Waals surface area contributed by atoms with Crippen molar-refractivity contribution in [1.29, 1.82) is 5.26 Å². The van der Waals surface area contributed by atoms with Crippen LogP contribution in [0.5, 0.6) is 5.75 Å². The van der Waals surface area contributed by atoms with Gasteiger partial charge in [-0.1, -0.05) is 33.3 Å². The summed E-state index contributed by atoms with van der Waals surface area (Å²) < 4.78 is 12.4. The van der Waals surface area contributed by atoms with Crippen LogP contribution in [0.1, 0.15) is 139 Å². The summed E-state index contributed by atoms with van der Waals surface area (Å²) >= 11 is 2.11. The van der Waals surface area contributed by atoms with Crippen molar-refractivity contribution in [2.24, 2.45) is 28.2 Å². The van der Waals surface area contributed by atoms with Crippen LogP contribution in [-0.4, -0.2) is 105 Å². The second-order valence-corrected chi connectivity index (χ2v) is 22.6. The van der Waals surface area contributed by atoms with E-state index in [1.54, 1.807) is 0 Å². The molecule has 7 heterocycles. The molecule has 8 atom stereocenters. The van der Waals surface area contributed by atoms with Crippen molar-refractivity contribution in [3.63, 3.8) is 0 Å². The van der Waals surface area contributed by atoms with E-state index in [4.69, 9.17) is 19.5 Å². The fourth-order valence-corrected chi connectivity index (χ4v) is 14.6. The first-order valence-electron chi connectivity index (χ1n) is 25.6. The molecule has 8 unspecified atom stereocenters. The zero-order chi connectivity index (χ0) is 46.1. The van der Waals surface area contributed by atoms with Crippen LogP contribution in [0.15, 0.2) is 53.7 Å². The summed E-state index contributed by atoms with van der Waals surface area (Å²) in [5.41, 5.74) is 13.1. The molecule has 15 heteroatoms. The monoisotopic (exact) mass is 932 g/mol. The van der Waals surface area contributed by atoms with Crippen molar-refractivity contribution < 1.29 is 15.7 Å². The predicted octanol–water partition coefficient (Wildman–Crippen LogP) is 7.38. The quantitative estimate of drug-likeness (QED) is 0.134. The molecule has 360 valence electrons. The number of piperidine rings is 1. The Bertz CT molecular complexity index is 2260.